The molecule has 1 aliphatic heterocycles. The maximum Gasteiger partial charge on any atom is 0.255 e. The maximum absolute atomic E-state index is 12.9. The zero-order valence-corrected chi connectivity index (χ0v) is 14.4. The van der Waals surface area contributed by atoms with Crippen LogP contribution in [0.3, 0.4) is 0 Å². The van der Waals surface area contributed by atoms with Crippen molar-refractivity contribution in [3.8, 4) is 0 Å². The fraction of sp³-hybridized carbons (Fsp3) is 0.500. The van der Waals surface area contributed by atoms with Crippen molar-refractivity contribution in [1.82, 2.24) is 9.47 Å². The van der Waals surface area contributed by atoms with Crippen LogP contribution >= 0.6 is 11.3 Å². The minimum Gasteiger partial charge on any atom is -0.343 e. The van der Waals surface area contributed by atoms with E-state index in [1.54, 1.807) is 11.3 Å². The van der Waals surface area contributed by atoms with Gasteiger partial charge < -0.3 is 9.47 Å². The number of nitrogens with zero attached hydrogens (tertiary/aromatic N) is 2. The van der Waals surface area contributed by atoms with Crippen LogP contribution in [0.25, 0.3) is 0 Å². The highest BCUT2D eigenvalue weighted by molar-refractivity contribution is 7.09. The Morgan fingerprint density at radius 3 is 2.86 bits per heavy atom. The van der Waals surface area contributed by atoms with Gasteiger partial charge in [-0.15, -0.1) is 11.3 Å². The number of carbonyl (C=O) groups excluding carboxylic acids is 1. The molecule has 0 bridgehead atoms. The molecule has 3 nitrogen and oxygen atoms in total. The predicted molar refractivity (Wildman–Crippen MR) is 91.7 cm³/mol. The van der Waals surface area contributed by atoms with Crippen LogP contribution in [0.2, 0.25) is 0 Å². The van der Waals surface area contributed by atoms with E-state index in [4.69, 9.17) is 0 Å². The number of hydrogen-bond donors (Lipinski definition) is 0. The van der Waals surface area contributed by atoms with E-state index in [-0.39, 0.29) is 5.91 Å². The summed E-state index contributed by atoms with van der Waals surface area (Å²) in [5.41, 5.74) is 3.13. The zero-order valence-electron chi connectivity index (χ0n) is 13.6. The molecule has 118 valence electrons. The molecule has 0 N–H and O–H groups in total. The molecule has 2 aromatic rings. The van der Waals surface area contributed by atoms with Crippen LogP contribution in [0.1, 0.15) is 52.8 Å². The third-order valence-corrected chi connectivity index (χ3v) is 5.62. The van der Waals surface area contributed by atoms with Gasteiger partial charge in [0.25, 0.3) is 5.91 Å². The van der Waals surface area contributed by atoms with Crippen molar-refractivity contribution in [3.05, 3.63) is 45.4 Å². The second kappa shape index (κ2) is 6.29. The Labute approximate surface area is 136 Å². The van der Waals surface area contributed by atoms with Crippen molar-refractivity contribution < 1.29 is 4.79 Å². The number of thiophene rings is 1. The Hall–Kier alpha value is -1.55. The van der Waals surface area contributed by atoms with Crippen LogP contribution < -0.4 is 0 Å². The summed E-state index contributed by atoms with van der Waals surface area (Å²) in [7, 11) is 0. The number of piperidine rings is 1. The Kier molecular flexibility index (Phi) is 4.39. The third kappa shape index (κ3) is 2.84. The first-order chi connectivity index (χ1) is 10.6. The second-order valence-corrected chi connectivity index (χ2v) is 7.33. The van der Waals surface area contributed by atoms with Crippen LogP contribution in [0.5, 0.6) is 0 Å². The van der Waals surface area contributed by atoms with Crippen molar-refractivity contribution >= 4 is 17.2 Å². The summed E-state index contributed by atoms with van der Waals surface area (Å²) in [6, 6.07) is 6.65. The summed E-state index contributed by atoms with van der Waals surface area (Å²) in [5, 5.41) is 2.10. The molecular weight excluding hydrogens is 292 g/mol. The van der Waals surface area contributed by atoms with Crippen molar-refractivity contribution in [2.75, 3.05) is 6.54 Å². The van der Waals surface area contributed by atoms with Gasteiger partial charge in [-0.25, -0.2) is 0 Å². The largest absolute Gasteiger partial charge is 0.343 e. The number of hydrogen-bond acceptors (Lipinski definition) is 2. The normalized spacial score (nSPS) is 18.7. The summed E-state index contributed by atoms with van der Waals surface area (Å²) in [5.74, 6) is 0.206. The van der Waals surface area contributed by atoms with Gasteiger partial charge in [0.2, 0.25) is 0 Å². The van der Waals surface area contributed by atoms with Gasteiger partial charge in [-0.3, -0.25) is 4.79 Å². The number of aromatic nitrogens is 1. The van der Waals surface area contributed by atoms with E-state index in [0.717, 1.165) is 37.2 Å². The number of aryl methyl sites for hydroxylation is 1. The van der Waals surface area contributed by atoms with Gasteiger partial charge in [-0.05, 0) is 57.5 Å². The van der Waals surface area contributed by atoms with Crippen LogP contribution in [-0.4, -0.2) is 28.0 Å². The summed E-state index contributed by atoms with van der Waals surface area (Å²) in [4.78, 5) is 16.3. The molecule has 3 heterocycles. The lowest BCUT2D eigenvalue weighted by Crippen LogP contribution is -2.42. The predicted octanol–water partition coefficient (Wildman–Crippen LogP) is 4.23. The first-order valence-corrected chi connectivity index (χ1v) is 8.96. The average molecular weight is 316 g/mol. The lowest BCUT2D eigenvalue weighted by molar-refractivity contribution is 0.0635. The van der Waals surface area contributed by atoms with Gasteiger partial charge in [0, 0.05) is 28.9 Å². The fourth-order valence-electron chi connectivity index (χ4n) is 3.37. The molecule has 0 aliphatic carbocycles. The number of rotatable bonds is 3. The van der Waals surface area contributed by atoms with E-state index in [1.165, 1.54) is 17.0 Å². The SMILES string of the molecule is Cc1cc(C(=O)N2CCCCC2C)c(C)n1Cc1cccs1. The van der Waals surface area contributed by atoms with Crippen molar-refractivity contribution in [1.29, 1.82) is 0 Å². The van der Waals surface area contributed by atoms with Gasteiger partial charge in [0.05, 0.1) is 12.1 Å². The highest BCUT2D eigenvalue weighted by Crippen LogP contribution is 2.24. The molecule has 1 amide bonds. The first kappa shape index (κ1) is 15.3. The molecule has 1 saturated heterocycles. The highest BCUT2D eigenvalue weighted by atomic mass is 32.1. The molecule has 0 saturated carbocycles. The summed E-state index contributed by atoms with van der Waals surface area (Å²) >= 11 is 1.77. The van der Waals surface area contributed by atoms with E-state index < -0.39 is 0 Å². The minimum atomic E-state index is 0.206. The van der Waals surface area contributed by atoms with Crippen LogP contribution in [0.15, 0.2) is 23.6 Å². The summed E-state index contributed by atoms with van der Waals surface area (Å²) < 4.78 is 2.26. The Morgan fingerprint density at radius 2 is 2.18 bits per heavy atom. The Morgan fingerprint density at radius 1 is 1.36 bits per heavy atom. The number of carbonyl (C=O) groups is 1. The minimum absolute atomic E-state index is 0.206. The molecule has 0 spiro atoms. The molecule has 1 fully saturated rings. The highest BCUT2D eigenvalue weighted by Gasteiger charge is 2.26. The van der Waals surface area contributed by atoms with Gasteiger partial charge in [-0.2, -0.15) is 0 Å². The molecule has 1 unspecified atom stereocenters. The molecule has 3 rings (SSSR count). The van der Waals surface area contributed by atoms with E-state index in [2.05, 4.69) is 53.8 Å². The third-order valence-electron chi connectivity index (χ3n) is 4.76. The quantitative estimate of drug-likeness (QED) is 0.832. The van der Waals surface area contributed by atoms with Crippen LogP contribution in [-0.2, 0) is 6.54 Å². The summed E-state index contributed by atoms with van der Waals surface area (Å²) in [6.45, 7) is 8.09. The molecule has 1 atom stereocenters. The standard InChI is InChI=1S/C18H24N2OS/c1-13-7-4-5-9-19(13)18(21)17-11-14(2)20(15(17)3)12-16-8-6-10-22-16/h6,8,10-11,13H,4-5,7,9,12H2,1-3H3. The van der Waals surface area contributed by atoms with Crippen LogP contribution in [0.4, 0.5) is 0 Å². The number of likely N-dealkylation sites (tertiary alicyclic amines) is 1. The van der Waals surface area contributed by atoms with Crippen LogP contribution in [0, 0.1) is 13.8 Å². The van der Waals surface area contributed by atoms with Gasteiger partial charge in [0.15, 0.2) is 0 Å². The first-order valence-electron chi connectivity index (χ1n) is 8.08. The molecule has 4 heteroatoms. The molecule has 0 aromatic carbocycles. The molecule has 1 aliphatic rings. The number of amides is 1. The molecule has 22 heavy (non-hydrogen) atoms. The van der Waals surface area contributed by atoms with Gasteiger partial charge >= 0.3 is 0 Å². The summed E-state index contributed by atoms with van der Waals surface area (Å²) in [6.07, 6.45) is 3.49. The molecule has 2 aromatic heterocycles. The molecule has 0 radical (unpaired) electrons. The smallest absolute Gasteiger partial charge is 0.255 e. The van der Waals surface area contributed by atoms with Gasteiger partial charge in [-0.1, -0.05) is 6.07 Å². The average Bonchev–Trinajstić information content (AvgIpc) is 3.11. The Bertz CT molecular complexity index is 657. The van der Waals surface area contributed by atoms with Crippen molar-refractivity contribution in [2.45, 2.75) is 52.6 Å². The monoisotopic (exact) mass is 316 g/mol. The Balaban J connectivity index is 1.86. The van der Waals surface area contributed by atoms with E-state index in [0.29, 0.717) is 6.04 Å². The lowest BCUT2D eigenvalue weighted by Gasteiger charge is -2.33. The van der Waals surface area contributed by atoms with Crippen molar-refractivity contribution in [3.63, 3.8) is 0 Å². The second-order valence-electron chi connectivity index (χ2n) is 6.29. The van der Waals surface area contributed by atoms with Crippen molar-refractivity contribution in [2.24, 2.45) is 0 Å². The topological polar surface area (TPSA) is 25.2 Å². The van der Waals surface area contributed by atoms with E-state index in [1.807, 2.05) is 0 Å². The fourth-order valence-corrected chi connectivity index (χ4v) is 4.07. The van der Waals surface area contributed by atoms with Gasteiger partial charge in [0.1, 0.15) is 0 Å². The lowest BCUT2D eigenvalue weighted by atomic mass is 10.0. The maximum atomic E-state index is 12.9. The van der Waals surface area contributed by atoms with E-state index >= 15 is 0 Å². The zero-order chi connectivity index (χ0) is 15.7. The molecular formula is C18H24N2OS. The van der Waals surface area contributed by atoms with E-state index in [9.17, 15) is 4.79 Å².